The number of carbonyl (C=O) groups excluding carboxylic acids is 1. The molecule has 6 rings (SSSR count). The van der Waals surface area contributed by atoms with Crippen LogP contribution in [0, 0.1) is 12.8 Å². The minimum Gasteiger partial charge on any atom is -0.437 e. The quantitative estimate of drug-likeness (QED) is 0.273. The predicted molar refractivity (Wildman–Crippen MR) is 150 cm³/mol. The predicted octanol–water partition coefficient (Wildman–Crippen LogP) is 5.64. The lowest BCUT2D eigenvalue weighted by Gasteiger charge is -2.23. The molecular formula is C30H31FN6O2. The molecule has 200 valence electrons. The van der Waals surface area contributed by atoms with E-state index in [0.717, 1.165) is 47.8 Å². The van der Waals surface area contributed by atoms with E-state index in [0.29, 0.717) is 35.4 Å². The summed E-state index contributed by atoms with van der Waals surface area (Å²) in [5.74, 6) is 1.30. The van der Waals surface area contributed by atoms with Crippen molar-refractivity contribution >= 4 is 28.3 Å². The summed E-state index contributed by atoms with van der Waals surface area (Å²) in [6.45, 7) is 3.90. The monoisotopic (exact) mass is 526 g/mol. The Morgan fingerprint density at radius 2 is 2.00 bits per heavy atom. The number of hydrogen-bond donors (Lipinski definition) is 3. The van der Waals surface area contributed by atoms with Crippen molar-refractivity contribution in [3.05, 3.63) is 66.5 Å². The number of halogens is 1. The summed E-state index contributed by atoms with van der Waals surface area (Å²) in [7, 11) is 0. The lowest BCUT2D eigenvalue weighted by molar-refractivity contribution is -0.116. The van der Waals surface area contributed by atoms with Gasteiger partial charge in [-0.1, -0.05) is 24.3 Å². The zero-order valence-electron chi connectivity index (χ0n) is 21.8. The van der Waals surface area contributed by atoms with Crippen molar-refractivity contribution in [1.29, 1.82) is 0 Å². The van der Waals surface area contributed by atoms with Crippen molar-refractivity contribution < 1.29 is 13.9 Å². The van der Waals surface area contributed by atoms with Crippen molar-refractivity contribution in [2.24, 2.45) is 5.92 Å². The van der Waals surface area contributed by atoms with Crippen LogP contribution in [0.15, 0.2) is 60.9 Å². The first kappa shape index (κ1) is 25.2. The minimum atomic E-state index is -0.857. The molecule has 1 amide bonds. The highest BCUT2D eigenvalue weighted by atomic mass is 19.1. The average molecular weight is 527 g/mol. The molecule has 1 aliphatic carbocycles. The van der Waals surface area contributed by atoms with Gasteiger partial charge in [-0.2, -0.15) is 0 Å². The summed E-state index contributed by atoms with van der Waals surface area (Å²) in [5, 5.41) is 11.5. The van der Waals surface area contributed by atoms with E-state index in [1.54, 1.807) is 12.4 Å². The number of aryl methyl sites for hydroxylation is 1. The van der Waals surface area contributed by atoms with Gasteiger partial charge in [0.15, 0.2) is 0 Å². The Morgan fingerprint density at radius 3 is 2.82 bits per heavy atom. The van der Waals surface area contributed by atoms with Gasteiger partial charge in [0.25, 0.3) is 0 Å². The molecule has 9 heteroatoms. The second kappa shape index (κ2) is 10.9. The largest absolute Gasteiger partial charge is 0.437 e. The Labute approximate surface area is 226 Å². The van der Waals surface area contributed by atoms with Crippen molar-refractivity contribution in [2.75, 3.05) is 23.7 Å². The Morgan fingerprint density at radius 1 is 1.10 bits per heavy atom. The van der Waals surface area contributed by atoms with E-state index in [1.165, 1.54) is 0 Å². The molecule has 1 aliphatic heterocycles. The Balaban J connectivity index is 1.29. The molecule has 3 heterocycles. The molecule has 2 aromatic heterocycles. The fourth-order valence-electron chi connectivity index (χ4n) is 5.04. The highest BCUT2D eigenvalue weighted by Gasteiger charge is 2.38. The number of hydrogen-bond acceptors (Lipinski definition) is 7. The summed E-state index contributed by atoms with van der Waals surface area (Å²) in [5.41, 5.74) is 3.05. The summed E-state index contributed by atoms with van der Waals surface area (Å²) in [4.78, 5) is 26.2. The number of pyridine rings is 1. The van der Waals surface area contributed by atoms with Crippen LogP contribution in [-0.2, 0) is 4.79 Å². The molecule has 3 atom stereocenters. The fourth-order valence-corrected chi connectivity index (χ4v) is 5.04. The molecule has 0 spiro atoms. The van der Waals surface area contributed by atoms with Crippen LogP contribution in [0.4, 0.5) is 16.0 Å². The first-order valence-electron chi connectivity index (χ1n) is 13.4. The van der Waals surface area contributed by atoms with Crippen molar-refractivity contribution in [2.45, 2.75) is 44.8 Å². The molecule has 0 radical (unpaired) electrons. The van der Waals surface area contributed by atoms with Crippen molar-refractivity contribution in [3.8, 4) is 22.9 Å². The molecule has 1 saturated carbocycles. The van der Waals surface area contributed by atoms with E-state index in [2.05, 4.69) is 25.9 Å². The number of fused-ring (bicyclic) bond motifs is 1. The van der Waals surface area contributed by atoms with E-state index in [1.807, 2.05) is 55.5 Å². The Bertz CT molecular complexity index is 1510. The van der Waals surface area contributed by atoms with E-state index in [9.17, 15) is 9.18 Å². The molecule has 0 bridgehead atoms. The van der Waals surface area contributed by atoms with Crippen molar-refractivity contribution in [1.82, 2.24) is 20.3 Å². The van der Waals surface area contributed by atoms with Gasteiger partial charge in [0.1, 0.15) is 11.9 Å². The Kier molecular flexibility index (Phi) is 7.06. The van der Waals surface area contributed by atoms with E-state index >= 15 is 0 Å². The lowest BCUT2D eigenvalue weighted by atomic mass is 10.0. The van der Waals surface area contributed by atoms with Gasteiger partial charge >= 0.3 is 0 Å². The molecule has 4 aromatic rings. The first-order valence-corrected chi connectivity index (χ1v) is 13.4. The van der Waals surface area contributed by atoms with Crippen molar-refractivity contribution in [3.63, 3.8) is 0 Å². The van der Waals surface area contributed by atoms with E-state index < -0.39 is 6.17 Å². The second-order valence-corrected chi connectivity index (χ2v) is 10.3. The number of nitrogens with one attached hydrogen (secondary N) is 3. The van der Waals surface area contributed by atoms with Gasteiger partial charge in [0.2, 0.25) is 17.7 Å². The van der Waals surface area contributed by atoms with Gasteiger partial charge in [-0.05, 0) is 62.6 Å². The van der Waals surface area contributed by atoms with E-state index in [-0.39, 0.29) is 24.3 Å². The molecule has 39 heavy (non-hydrogen) atoms. The van der Waals surface area contributed by atoms with Gasteiger partial charge < -0.3 is 20.7 Å². The number of amides is 1. The molecule has 1 saturated heterocycles. The molecule has 2 fully saturated rings. The van der Waals surface area contributed by atoms with Crippen LogP contribution in [0.5, 0.6) is 11.6 Å². The molecular weight excluding hydrogens is 495 g/mol. The third kappa shape index (κ3) is 5.68. The number of alkyl halides is 1. The lowest BCUT2D eigenvalue weighted by Crippen LogP contribution is -2.38. The van der Waals surface area contributed by atoms with Gasteiger partial charge in [0, 0.05) is 53.8 Å². The number of carbonyl (C=O) groups is 1. The van der Waals surface area contributed by atoms with E-state index in [4.69, 9.17) is 9.72 Å². The molecule has 2 aromatic carbocycles. The zero-order valence-corrected chi connectivity index (χ0v) is 21.8. The van der Waals surface area contributed by atoms with Gasteiger partial charge in [-0.25, -0.2) is 19.3 Å². The zero-order chi connectivity index (χ0) is 26.8. The number of aromatic nitrogens is 3. The minimum absolute atomic E-state index is 0.166. The fraction of sp³-hybridized carbons (Fsp3) is 0.333. The van der Waals surface area contributed by atoms with Crippen LogP contribution in [0.2, 0.25) is 0 Å². The Hall–Kier alpha value is -4.11. The summed E-state index contributed by atoms with van der Waals surface area (Å²) >= 11 is 0. The topological polar surface area (TPSA) is 101 Å². The number of anilines is 2. The summed E-state index contributed by atoms with van der Waals surface area (Å²) in [6, 6.07) is 15.5. The molecule has 0 unspecified atom stereocenters. The highest BCUT2D eigenvalue weighted by molar-refractivity contribution is 6.04. The molecule has 3 N–H and O–H groups in total. The maximum Gasteiger partial charge on any atom is 0.228 e. The summed E-state index contributed by atoms with van der Waals surface area (Å²) < 4.78 is 19.8. The van der Waals surface area contributed by atoms with Crippen LogP contribution in [-0.4, -0.2) is 46.2 Å². The molecule has 8 nitrogen and oxygen atoms in total. The van der Waals surface area contributed by atoms with Gasteiger partial charge in [-0.15, -0.1) is 0 Å². The number of piperidine rings is 1. The normalized spacial score (nSPS) is 20.4. The molecule has 2 aliphatic rings. The first-order chi connectivity index (χ1) is 19.0. The number of benzene rings is 2. The van der Waals surface area contributed by atoms with Crippen LogP contribution < -0.4 is 20.7 Å². The SMILES string of the molecule is Cc1ccc2c(NC(=O)C[C@@H]3C[C@H]3F)cccc2c1Oc1ncccc1-c1ccnc(N[C@H]2CCCNC2)n1. The van der Waals surface area contributed by atoms with Gasteiger partial charge in [-0.3, -0.25) is 4.79 Å². The van der Waals surface area contributed by atoms with Crippen LogP contribution in [0.1, 0.15) is 31.2 Å². The number of ether oxygens (including phenoxy) is 1. The standard InChI is InChI=1S/C30H31FN6O2/c1-18-9-10-21-22(6-2-8-25(21)36-27(38)16-19-15-24(19)31)28(18)39-29-23(7-4-13-33-29)26-11-14-34-30(37-26)35-20-5-3-12-32-17-20/h2,4,6-11,13-14,19-20,24,32H,3,5,12,15-17H2,1H3,(H,36,38)(H,34,35,37)/t19-,20-,24+/m0/s1. The van der Waals surface area contributed by atoms with Gasteiger partial charge in [0.05, 0.1) is 11.3 Å². The maximum atomic E-state index is 13.3. The number of nitrogens with zero attached hydrogens (tertiary/aromatic N) is 3. The maximum absolute atomic E-state index is 13.3. The third-order valence-corrected chi connectivity index (χ3v) is 7.30. The second-order valence-electron chi connectivity index (χ2n) is 10.3. The average Bonchev–Trinajstić information content (AvgIpc) is 3.65. The summed E-state index contributed by atoms with van der Waals surface area (Å²) in [6.07, 6.45) is 5.42. The smallest absolute Gasteiger partial charge is 0.228 e. The third-order valence-electron chi connectivity index (χ3n) is 7.30. The number of rotatable bonds is 8. The van der Waals surface area contributed by atoms with Crippen LogP contribution >= 0.6 is 0 Å². The highest BCUT2D eigenvalue weighted by Crippen LogP contribution is 2.40. The van der Waals surface area contributed by atoms with Crippen LogP contribution in [0.25, 0.3) is 22.0 Å². The van der Waals surface area contributed by atoms with Crippen LogP contribution in [0.3, 0.4) is 0 Å².